The van der Waals surface area contributed by atoms with Gasteiger partial charge in [0.15, 0.2) is 0 Å². The van der Waals surface area contributed by atoms with Gasteiger partial charge in [-0.3, -0.25) is 5.73 Å². The van der Waals surface area contributed by atoms with Crippen molar-refractivity contribution in [2.75, 3.05) is 0 Å². The van der Waals surface area contributed by atoms with E-state index >= 15 is 0 Å². The number of benzene rings is 1. The fourth-order valence-corrected chi connectivity index (χ4v) is 2.04. The van der Waals surface area contributed by atoms with E-state index < -0.39 is 5.72 Å². The lowest BCUT2D eigenvalue weighted by Gasteiger charge is -2.26. The Morgan fingerprint density at radius 3 is 2.28 bits per heavy atom. The number of unbranched alkanes of at least 4 members (excludes halogenated alkanes) is 2. The second-order valence-corrected chi connectivity index (χ2v) is 6.21. The van der Waals surface area contributed by atoms with E-state index in [0.29, 0.717) is 6.42 Å². The molecule has 0 aromatic heterocycles. The van der Waals surface area contributed by atoms with E-state index in [2.05, 4.69) is 33.8 Å². The molecule has 0 fully saturated rings. The number of hydrogen-bond donors (Lipinski definition) is 2. The zero-order chi connectivity index (χ0) is 13.8. The first-order valence-corrected chi connectivity index (χ1v) is 6.89. The maximum atomic E-state index is 10.4. The van der Waals surface area contributed by atoms with E-state index in [-0.39, 0.29) is 5.41 Å². The highest BCUT2D eigenvalue weighted by Gasteiger charge is 2.24. The minimum absolute atomic E-state index is 0.0789. The molecular weight excluding hydrogens is 222 g/mol. The average Bonchev–Trinajstić information content (AvgIpc) is 2.28. The summed E-state index contributed by atoms with van der Waals surface area (Å²) in [6.45, 7) is 8.64. The molecule has 0 aliphatic carbocycles. The highest BCUT2D eigenvalue weighted by molar-refractivity contribution is 5.31. The van der Waals surface area contributed by atoms with Crippen LogP contribution < -0.4 is 5.73 Å². The Balaban J connectivity index is 2.88. The smallest absolute Gasteiger partial charge is 0.139 e. The minimum atomic E-state index is -1.20. The summed E-state index contributed by atoms with van der Waals surface area (Å²) < 4.78 is 0. The van der Waals surface area contributed by atoms with Gasteiger partial charge in [0.25, 0.3) is 0 Å². The summed E-state index contributed by atoms with van der Waals surface area (Å²) in [6.07, 6.45) is 3.83. The topological polar surface area (TPSA) is 46.2 Å². The first-order chi connectivity index (χ1) is 8.27. The Morgan fingerprint density at radius 1 is 1.11 bits per heavy atom. The van der Waals surface area contributed by atoms with Crippen LogP contribution in [0, 0.1) is 0 Å². The minimum Gasteiger partial charge on any atom is -0.372 e. The van der Waals surface area contributed by atoms with Gasteiger partial charge < -0.3 is 5.11 Å². The number of nitrogens with two attached hydrogens (primary N) is 1. The molecule has 0 radical (unpaired) electrons. The Bertz CT molecular complexity index is 377. The van der Waals surface area contributed by atoms with Gasteiger partial charge in [-0.25, -0.2) is 0 Å². The van der Waals surface area contributed by atoms with Gasteiger partial charge in [0, 0.05) is 0 Å². The number of aliphatic hydroxyl groups is 1. The van der Waals surface area contributed by atoms with Crippen LogP contribution >= 0.6 is 0 Å². The van der Waals surface area contributed by atoms with Crippen LogP contribution in [0.5, 0.6) is 0 Å². The van der Waals surface area contributed by atoms with Crippen LogP contribution in [0.2, 0.25) is 0 Å². The Kier molecular flexibility index (Phi) is 4.94. The van der Waals surface area contributed by atoms with Gasteiger partial charge in [0.05, 0.1) is 0 Å². The fourth-order valence-electron chi connectivity index (χ4n) is 2.04. The summed E-state index contributed by atoms with van der Waals surface area (Å²) in [4.78, 5) is 0. The van der Waals surface area contributed by atoms with Crippen molar-refractivity contribution < 1.29 is 5.11 Å². The summed E-state index contributed by atoms with van der Waals surface area (Å²) in [5.74, 6) is 0. The molecule has 0 amide bonds. The predicted octanol–water partition coefficient (Wildman–Crippen LogP) is 3.67. The Labute approximate surface area is 111 Å². The second kappa shape index (κ2) is 5.85. The van der Waals surface area contributed by atoms with Crippen LogP contribution in [0.25, 0.3) is 0 Å². The standard InChI is InChI=1S/C16H27NO/c1-5-6-7-11-16(17,18)14-10-8-9-13(12-14)15(2,3)4/h8-10,12,18H,5-7,11,17H2,1-4H3. The van der Waals surface area contributed by atoms with Crippen molar-refractivity contribution in [2.24, 2.45) is 5.73 Å². The molecule has 0 aliphatic heterocycles. The van der Waals surface area contributed by atoms with Gasteiger partial charge in [0.2, 0.25) is 0 Å². The van der Waals surface area contributed by atoms with Crippen molar-refractivity contribution in [2.45, 2.75) is 64.5 Å². The largest absolute Gasteiger partial charge is 0.372 e. The summed E-state index contributed by atoms with van der Waals surface area (Å²) in [5.41, 5.74) is 6.96. The Morgan fingerprint density at radius 2 is 1.72 bits per heavy atom. The average molecular weight is 249 g/mol. The third kappa shape index (κ3) is 4.11. The quantitative estimate of drug-likeness (QED) is 0.618. The molecule has 0 spiro atoms. The van der Waals surface area contributed by atoms with Crippen LogP contribution in [-0.4, -0.2) is 5.11 Å². The van der Waals surface area contributed by atoms with Crippen molar-refractivity contribution in [1.82, 2.24) is 0 Å². The molecule has 18 heavy (non-hydrogen) atoms. The van der Waals surface area contributed by atoms with E-state index in [4.69, 9.17) is 5.73 Å². The molecule has 0 heterocycles. The summed E-state index contributed by atoms with van der Waals surface area (Å²) in [6, 6.07) is 8.02. The third-order valence-corrected chi connectivity index (χ3v) is 3.39. The molecule has 0 saturated heterocycles. The summed E-state index contributed by atoms with van der Waals surface area (Å²) in [7, 11) is 0. The Hall–Kier alpha value is -0.860. The van der Waals surface area contributed by atoms with Crippen LogP contribution in [0.4, 0.5) is 0 Å². The summed E-state index contributed by atoms with van der Waals surface area (Å²) >= 11 is 0. The zero-order valence-electron chi connectivity index (χ0n) is 12.2. The van der Waals surface area contributed by atoms with Crippen LogP contribution in [0.15, 0.2) is 24.3 Å². The molecular formula is C16H27NO. The zero-order valence-corrected chi connectivity index (χ0v) is 12.2. The lowest BCUT2D eigenvalue weighted by molar-refractivity contribution is 0.0315. The van der Waals surface area contributed by atoms with Gasteiger partial charge in [-0.05, 0) is 29.4 Å². The van der Waals surface area contributed by atoms with Gasteiger partial charge >= 0.3 is 0 Å². The molecule has 102 valence electrons. The maximum Gasteiger partial charge on any atom is 0.139 e. The number of rotatable bonds is 5. The third-order valence-electron chi connectivity index (χ3n) is 3.39. The molecule has 3 N–H and O–H groups in total. The molecule has 0 bridgehead atoms. The van der Waals surface area contributed by atoms with Crippen molar-refractivity contribution in [3.63, 3.8) is 0 Å². The van der Waals surface area contributed by atoms with Gasteiger partial charge in [-0.15, -0.1) is 0 Å². The monoisotopic (exact) mass is 249 g/mol. The highest BCUT2D eigenvalue weighted by atomic mass is 16.3. The molecule has 1 atom stereocenters. The van der Waals surface area contributed by atoms with Gasteiger partial charge in [0.1, 0.15) is 5.72 Å². The van der Waals surface area contributed by atoms with Crippen LogP contribution in [0.1, 0.15) is 64.5 Å². The number of hydrogen-bond acceptors (Lipinski definition) is 2. The van der Waals surface area contributed by atoms with Crippen LogP contribution in [0.3, 0.4) is 0 Å². The summed E-state index contributed by atoms with van der Waals surface area (Å²) in [5, 5.41) is 10.4. The predicted molar refractivity (Wildman–Crippen MR) is 77.4 cm³/mol. The lowest BCUT2D eigenvalue weighted by Crippen LogP contribution is -2.36. The molecule has 1 unspecified atom stereocenters. The fraction of sp³-hybridized carbons (Fsp3) is 0.625. The molecule has 1 aromatic rings. The van der Waals surface area contributed by atoms with Crippen molar-refractivity contribution >= 4 is 0 Å². The molecule has 0 aliphatic rings. The van der Waals surface area contributed by atoms with E-state index in [9.17, 15) is 5.11 Å². The molecule has 2 nitrogen and oxygen atoms in total. The normalized spacial score (nSPS) is 15.4. The molecule has 2 heteroatoms. The lowest BCUT2D eigenvalue weighted by atomic mass is 9.84. The van der Waals surface area contributed by atoms with Gasteiger partial charge in [-0.1, -0.05) is 64.8 Å². The van der Waals surface area contributed by atoms with E-state index in [0.717, 1.165) is 24.8 Å². The van der Waals surface area contributed by atoms with Crippen molar-refractivity contribution in [1.29, 1.82) is 0 Å². The van der Waals surface area contributed by atoms with Crippen molar-refractivity contribution in [3.8, 4) is 0 Å². The van der Waals surface area contributed by atoms with Gasteiger partial charge in [-0.2, -0.15) is 0 Å². The SMILES string of the molecule is CCCCCC(N)(O)c1cccc(C(C)(C)C)c1. The molecule has 1 aromatic carbocycles. The van der Waals surface area contributed by atoms with Crippen molar-refractivity contribution in [3.05, 3.63) is 35.4 Å². The van der Waals surface area contributed by atoms with E-state index in [1.165, 1.54) is 5.56 Å². The second-order valence-electron chi connectivity index (χ2n) is 6.21. The highest BCUT2D eigenvalue weighted by Crippen LogP contribution is 2.28. The first kappa shape index (κ1) is 15.2. The van der Waals surface area contributed by atoms with Crippen LogP contribution in [-0.2, 0) is 11.1 Å². The van der Waals surface area contributed by atoms with E-state index in [1.54, 1.807) is 0 Å². The first-order valence-electron chi connectivity index (χ1n) is 6.89. The molecule has 1 rings (SSSR count). The maximum absolute atomic E-state index is 10.4. The molecule has 0 saturated carbocycles. The van der Waals surface area contributed by atoms with E-state index in [1.807, 2.05) is 18.2 Å².